The Hall–Kier alpha value is -3.51. The molecule has 45 heavy (non-hydrogen) atoms. The van der Waals surface area contributed by atoms with E-state index in [1.807, 2.05) is 39.8 Å². The van der Waals surface area contributed by atoms with Crippen molar-refractivity contribution in [1.29, 1.82) is 0 Å². The Morgan fingerprint density at radius 2 is 1.80 bits per heavy atom. The largest absolute Gasteiger partial charge is 0.465 e. The van der Waals surface area contributed by atoms with Crippen LogP contribution in [-0.2, 0) is 10.3 Å². The van der Waals surface area contributed by atoms with Crippen LogP contribution in [0.25, 0.3) is 16.6 Å². The summed E-state index contributed by atoms with van der Waals surface area (Å²) in [5.74, 6) is -3.74. The van der Waals surface area contributed by atoms with Gasteiger partial charge in [0.2, 0.25) is 0 Å². The smallest absolute Gasteiger partial charge is 0.407 e. The topological polar surface area (TPSA) is 100 Å². The first-order valence-corrected chi connectivity index (χ1v) is 18.1. The Balaban J connectivity index is 1.70. The first kappa shape index (κ1) is 34.4. The van der Waals surface area contributed by atoms with Gasteiger partial charge in [0.1, 0.15) is 23.1 Å². The number of anilines is 1. The van der Waals surface area contributed by atoms with Crippen molar-refractivity contribution in [3.8, 4) is 0 Å². The second kappa shape index (κ2) is 13.1. The highest BCUT2D eigenvalue weighted by molar-refractivity contribution is 6.73. The lowest BCUT2D eigenvalue weighted by Gasteiger charge is -2.42. The lowest BCUT2D eigenvalue weighted by atomic mass is 9.91. The molecule has 8 nitrogen and oxygen atoms in total. The summed E-state index contributed by atoms with van der Waals surface area (Å²) in [4.78, 5) is 26.5. The zero-order chi connectivity index (χ0) is 33.3. The normalized spacial score (nSPS) is 15.3. The highest BCUT2D eigenvalue weighted by Gasteiger charge is 2.54. The van der Waals surface area contributed by atoms with Crippen molar-refractivity contribution in [2.75, 3.05) is 18.4 Å². The standard InChI is InChI=1S/C33H44F3N5O3Si/c1-9-45(10-2,11-3)44-32(7,8)33(35,36)27-14-12-13-24(28(27)34)20(4)37-29-26-19-25(21(5)38-30(26)40-22(6)39-29)23-15-17-41(18-16-23)31(42)43/h12-15,19-20H,9-11,16-18H2,1-8H3,(H,42,43)(H,37,38,39,40)/t20-/m1/s1. The molecule has 12 heteroatoms. The van der Waals surface area contributed by atoms with Crippen LogP contribution in [0, 0.1) is 19.7 Å². The molecule has 0 bridgehead atoms. The van der Waals surface area contributed by atoms with E-state index in [1.165, 1.54) is 30.9 Å². The highest BCUT2D eigenvalue weighted by Crippen LogP contribution is 2.46. The van der Waals surface area contributed by atoms with Crippen LogP contribution in [0.4, 0.5) is 23.8 Å². The van der Waals surface area contributed by atoms with E-state index in [0.29, 0.717) is 53.8 Å². The number of pyridine rings is 1. The number of carboxylic acid groups (broad SMARTS) is 1. The third-order valence-electron chi connectivity index (χ3n) is 9.16. The molecule has 0 aliphatic carbocycles. The minimum absolute atomic E-state index is 0.0708. The van der Waals surface area contributed by atoms with E-state index in [2.05, 4.69) is 15.3 Å². The van der Waals surface area contributed by atoms with Crippen LogP contribution >= 0.6 is 0 Å². The molecule has 2 N–H and O–H groups in total. The lowest BCUT2D eigenvalue weighted by molar-refractivity contribution is -0.161. The summed E-state index contributed by atoms with van der Waals surface area (Å²) in [7, 11) is -2.43. The molecule has 244 valence electrons. The second-order valence-corrected chi connectivity index (χ2v) is 17.0. The van der Waals surface area contributed by atoms with Gasteiger partial charge in [0, 0.05) is 24.3 Å². The number of carbonyl (C=O) groups is 1. The number of aromatic nitrogens is 3. The van der Waals surface area contributed by atoms with E-state index in [0.717, 1.165) is 22.9 Å². The van der Waals surface area contributed by atoms with Crippen molar-refractivity contribution >= 4 is 36.8 Å². The number of rotatable bonds is 11. The Morgan fingerprint density at radius 3 is 2.38 bits per heavy atom. The number of aryl methyl sites for hydroxylation is 2. The molecule has 0 radical (unpaired) electrons. The maximum absolute atomic E-state index is 16.2. The van der Waals surface area contributed by atoms with E-state index < -0.39 is 43.4 Å². The molecule has 1 aliphatic rings. The maximum atomic E-state index is 16.2. The van der Waals surface area contributed by atoms with Gasteiger partial charge in [-0.25, -0.2) is 24.1 Å². The number of hydrogen-bond acceptors (Lipinski definition) is 6. The van der Waals surface area contributed by atoms with Crippen molar-refractivity contribution in [2.24, 2.45) is 0 Å². The number of nitrogens with one attached hydrogen (secondary N) is 1. The van der Waals surface area contributed by atoms with Gasteiger partial charge in [0.05, 0.1) is 17.0 Å². The summed E-state index contributed by atoms with van der Waals surface area (Å²) in [5, 5.41) is 13.1. The second-order valence-electron chi connectivity index (χ2n) is 12.3. The van der Waals surface area contributed by atoms with Gasteiger partial charge in [-0.15, -0.1) is 0 Å². The van der Waals surface area contributed by atoms with Crippen molar-refractivity contribution in [1.82, 2.24) is 19.9 Å². The summed E-state index contributed by atoms with van der Waals surface area (Å²) >= 11 is 0. The maximum Gasteiger partial charge on any atom is 0.407 e. The molecule has 1 aromatic carbocycles. The van der Waals surface area contributed by atoms with E-state index in [4.69, 9.17) is 9.41 Å². The molecule has 0 unspecified atom stereocenters. The van der Waals surface area contributed by atoms with Crippen LogP contribution in [0.5, 0.6) is 0 Å². The van der Waals surface area contributed by atoms with Crippen LogP contribution in [0.2, 0.25) is 18.1 Å². The number of amides is 1. The molecular weight excluding hydrogens is 599 g/mol. The molecule has 4 rings (SSSR count). The van der Waals surface area contributed by atoms with Crippen LogP contribution in [0.1, 0.15) is 82.2 Å². The Labute approximate surface area is 264 Å². The summed E-state index contributed by atoms with van der Waals surface area (Å²) in [6, 6.07) is 7.34. The van der Waals surface area contributed by atoms with Gasteiger partial charge in [-0.2, -0.15) is 8.78 Å². The molecule has 2 aromatic heterocycles. The van der Waals surface area contributed by atoms with E-state index >= 15 is 13.2 Å². The van der Waals surface area contributed by atoms with Crippen molar-refractivity contribution in [3.63, 3.8) is 0 Å². The first-order valence-electron chi connectivity index (χ1n) is 15.6. The molecular formula is C33H44F3N5O3Si. The minimum atomic E-state index is -3.59. The average Bonchev–Trinajstić information content (AvgIpc) is 2.99. The van der Waals surface area contributed by atoms with Gasteiger partial charge in [0.25, 0.3) is 0 Å². The molecule has 1 amide bonds. The number of halogens is 3. The number of benzene rings is 1. The molecule has 0 saturated heterocycles. The Bertz CT molecular complexity index is 1600. The van der Waals surface area contributed by atoms with E-state index in [-0.39, 0.29) is 12.1 Å². The van der Waals surface area contributed by atoms with Crippen molar-refractivity contribution in [3.05, 3.63) is 64.4 Å². The predicted octanol–water partition coefficient (Wildman–Crippen LogP) is 8.61. The third-order valence-corrected chi connectivity index (χ3v) is 14.0. The number of fused-ring (bicyclic) bond motifs is 1. The summed E-state index contributed by atoms with van der Waals surface area (Å²) < 4.78 is 54.7. The van der Waals surface area contributed by atoms with Gasteiger partial charge in [-0.1, -0.05) is 39.0 Å². The fraction of sp³-hybridized carbons (Fsp3) is 0.515. The molecule has 3 heterocycles. The van der Waals surface area contributed by atoms with Crippen LogP contribution in [0.3, 0.4) is 0 Å². The van der Waals surface area contributed by atoms with Crippen molar-refractivity contribution in [2.45, 2.75) is 97.5 Å². The summed E-state index contributed by atoms with van der Waals surface area (Å²) in [5.41, 5.74) is 0.447. The average molecular weight is 644 g/mol. The van der Waals surface area contributed by atoms with Crippen LogP contribution < -0.4 is 5.32 Å². The van der Waals surface area contributed by atoms with Gasteiger partial charge < -0.3 is 19.7 Å². The highest BCUT2D eigenvalue weighted by atomic mass is 28.4. The van der Waals surface area contributed by atoms with Gasteiger partial charge in [0.15, 0.2) is 14.0 Å². The fourth-order valence-corrected chi connectivity index (χ4v) is 9.22. The quantitative estimate of drug-likeness (QED) is 0.202. The fourth-order valence-electron chi connectivity index (χ4n) is 6.08. The van der Waals surface area contributed by atoms with E-state index in [1.54, 1.807) is 13.8 Å². The van der Waals surface area contributed by atoms with Gasteiger partial charge >= 0.3 is 12.0 Å². The van der Waals surface area contributed by atoms with Gasteiger partial charge in [-0.3, -0.25) is 0 Å². The number of alkyl halides is 2. The predicted molar refractivity (Wildman–Crippen MR) is 174 cm³/mol. The third kappa shape index (κ3) is 6.72. The summed E-state index contributed by atoms with van der Waals surface area (Å²) in [6.07, 6.45) is 1.43. The number of hydrogen-bond donors (Lipinski definition) is 2. The zero-order valence-electron chi connectivity index (χ0n) is 27.4. The number of nitrogens with zero attached hydrogens (tertiary/aromatic N) is 4. The Morgan fingerprint density at radius 1 is 1.13 bits per heavy atom. The van der Waals surface area contributed by atoms with Gasteiger partial charge in [-0.05, 0) is 82.4 Å². The molecule has 0 spiro atoms. The lowest BCUT2D eigenvalue weighted by Crippen LogP contribution is -2.52. The summed E-state index contributed by atoms with van der Waals surface area (Å²) in [6.45, 7) is 14.5. The molecule has 0 fully saturated rings. The molecule has 3 aromatic rings. The molecule has 1 atom stereocenters. The SMILES string of the molecule is CC[Si](CC)(CC)OC(C)(C)C(F)(F)c1cccc([C@@H](C)Nc2nc(C)nc3nc(C)c(C4=CCN(C(=O)O)CC4)cc23)c1F. The minimum Gasteiger partial charge on any atom is -0.465 e. The zero-order valence-corrected chi connectivity index (χ0v) is 28.4. The first-order chi connectivity index (χ1) is 21.1. The van der Waals surface area contributed by atoms with Crippen molar-refractivity contribution < 1.29 is 27.5 Å². The van der Waals surface area contributed by atoms with Crippen LogP contribution in [0.15, 0.2) is 30.3 Å². The van der Waals surface area contributed by atoms with Crippen LogP contribution in [-0.4, -0.2) is 58.1 Å². The molecule has 0 saturated carbocycles. The monoisotopic (exact) mass is 643 g/mol. The molecule has 1 aliphatic heterocycles. The Kier molecular flexibility index (Phi) is 9.98. The van der Waals surface area contributed by atoms with E-state index in [9.17, 15) is 9.90 Å².